The second kappa shape index (κ2) is 14.3. The Hall–Kier alpha value is -4.22. The highest BCUT2D eigenvalue weighted by molar-refractivity contribution is 7.99. The van der Waals surface area contributed by atoms with Gasteiger partial charge in [-0.25, -0.2) is 14.6 Å². The highest BCUT2D eigenvalue weighted by Gasteiger charge is 2.38. The molecule has 1 aliphatic rings. The lowest BCUT2D eigenvalue weighted by molar-refractivity contribution is -0.268. The molecule has 0 bridgehead atoms. The molecule has 1 fully saturated rings. The monoisotopic (exact) mass is 599 g/mol. The lowest BCUT2D eigenvalue weighted by atomic mass is 9.91. The largest absolute Gasteiger partial charge is 0.478 e. The normalized spacial score (nSPS) is 19.9. The van der Waals surface area contributed by atoms with Crippen LogP contribution in [0.2, 0.25) is 0 Å². The average molecular weight is 600 g/mol. The van der Waals surface area contributed by atoms with Crippen LogP contribution in [0.25, 0.3) is 0 Å². The maximum absolute atomic E-state index is 12.4. The Balaban J connectivity index is 1.30. The minimum atomic E-state index is -1.03. The van der Waals surface area contributed by atoms with E-state index in [1.807, 2.05) is 73.7 Å². The number of urea groups is 1. The molecule has 4 N–H and O–H groups in total. The number of anilines is 1. The smallest absolute Gasteiger partial charge is 0.338 e. The summed E-state index contributed by atoms with van der Waals surface area (Å²) in [7, 11) is 0. The standard InChI is InChI=1S/C33H33N3O6S/c1-21-28(20-43-30-27(31(38)39)8-5-17-34-30)41-32(42-29(21)24-11-9-23(19-37)10-12-24)25-13-15-26(16-14-25)36-33(40)35-18-22-6-3-2-4-7-22/h2-17,21,28-29,32,37H,18-20H2,1H3,(H,38,39)(H2,35,36,40). The zero-order chi connectivity index (χ0) is 30.2. The van der Waals surface area contributed by atoms with Gasteiger partial charge in [0.2, 0.25) is 0 Å². The number of aliphatic hydroxyl groups excluding tert-OH is 1. The van der Waals surface area contributed by atoms with Crippen molar-refractivity contribution in [1.82, 2.24) is 10.3 Å². The van der Waals surface area contributed by atoms with Crippen molar-refractivity contribution < 1.29 is 29.3 Å². The highest BCUT2D eigenvalue weighted by atomic mass is 32.2. The molecule has 0 radical (unpaired) electrons. The van der Waals surface area contributed by atoms with Gasteiger partial charge in [-0.05, 0) is 41.0 Å². The molecule has 3 aromatic carbocycles. The first-order valence-electron chi connectivity index (χ1n) is 13.9. The van der Waals surface area contributed by atoms with Gasteiger partial charge in [-0.15, -0.1) is 11.8 Å². The highest BCUT2D eigenvalue weighted by Crippen LogP contribution is 2.43. The number of aromatic nitrogens is 1. The topological polar surface area (TPSA) is 130 Å². The summed E-state index contributed by atoms with van der Waals surface area (Å²) in [4.78, 5) is 28.4. The number of carboxylic acid groups (broad SMARTS) is 1. The van der Waals surface area contributed by atoms with Crippen molar-refractivity contribution in [3.05, 3.63) is 125 Å². The van der Waals surface area contributed by atoms with Crippen molar-refractivity contribution in [2.45, 2.75) is 43.6 Å². The van der Waals surface area contributed by atoms with Gasteiger partial charge >= 0.3 is 12.0 Å². The van der Waals surface area contributed by atoms with Crippen LogP contribution < -0.4 is 10.6 Å². The van der Waals surface area contributed by atoms with Gasteiger partial charge in [0, 0.05) is 35.7 Å². The Labute approximate surface area is 254 Å². The Morgan fingerprint density at radius 1 is 0.884 bits per heavy atom. The van der Waals surface area contributed by atoms with Gasteiger partial charge in [0.15, 0.2) is 6.29 Å². The molecule has 1 saturated heterocycles. The molecule has 10 heteroatoms. The molecule has 9 nitrogen and oxygen atoms in total. The Morgan fingerprint density at radius 2 is 1.60 bits per heavy atom. The van der Waals surface area contributed by atoms with Gasteiger partial charge in [0.1, 0.15) is 5.03 Å². The molecular formula is C33H33N3O6S. The van der Waals surface area contributed by atoms with Crippen LogP contribution in [-0.2, 0) is 22.6 Å². The Morgan fingerprint density at radius 3 is 2.30 bits per heavy atom. The van der Waals surface area contributed by atoms with Crippen LogP contribution in [-0.4, -0.2) is 39.1 Å². The third-order valence-corrected chi connectivity index (χ3v) is 8.34. The summed E-state index contributed by atoms with van der Waals surface area (Å²) in [5.74, 6) is -0.640. The molecule has 1 aliphatic heterocycles. The van der Waals surface area contributed by atoms with Gasteiger partial charge in [-0.1, -0.05) is 73.7 Å². The number of carbonyl (C=O) groups is 2. The summed E-state index contributed by atoms with van der Waals surface area (Å²) < 4.78 is 12.9. The average Bonchev–Trinajstić information content (AvgIpc) is 3.04. The summed E-state index contributed by atoms with van der Waals surface area (Å²) in [6, 6.07) is 27.4. The fourth-order valence-corrected chi connectivity index (χ4v) is 5.97. The van der Waals surface area contributed by atoms with E-state index in [0.29, 0.717) is 23.0 Å². The predicted octanol–water partition coefficient (Wildman–Crippen LogP) is 6.18. The number of aromatic carboxylic acids is 1. The van der Waals surface area contributed by atoms with Crippen LogP contribution in [0, 0.1) is 5.92 Å². The molecule has 0 saturated carbocycles. The van der Waals surface area contributed by atoms with Crippen molar-refractivity contribution >= 4 is 29.4 Å². The Kier molecular flexibility index (Phi) is 10.1. The number of carboxylic acids is 1. The van der Waals surface area contributed by atoms with E-state index in [9.17, 15) is 19.8 Å². The van der Waals surface area contributed by atoms with E-state index in [-0.39, 0.29) is 36.3 Å². The van der Waals surface area contributed by atoms with Crippen molar-refractivity contribution in [3.63, 3.8) is 0 Å². The lowest BCUT2D eigenvalue weighted by Gasteiger charge is -2.41. The van der Waals surface area contributed by atoms with Crippen LogP contribution in [0.3, 0.4) is 0 Å². The number of aliphatic hydroxyl groups is 1. The van der Waals surface area contributed by atoms with Crippen LogP contribution in [0.15, 0.2) is 102 Å². The van der Waals surface area contributed by atoms with Crippen molar-refractivity contribution in [3.8, 4) is 0 Å². The Bertz CT molecular complexity index is 1520. The first-order chi connectivity index (χ1) is 20.9. The molecule has 0 spiro atoms. The van der Waals surface area contributed by atoms with E-state index < -0.39 is 12.3 Å². The van der Waals surface area contributed by atoms with E-state index in [0.717, 1.165) is 22.3 Å². The molecule has 43 heavy (non-hydrogen) atoms. The summed E-state index contributed by atoms with van der Waals surface area (Å²) in [5, 5.41) is 25.2. The fraction of sp³-hybridized carbons (Fsp3) is 0.242. The second-order valence-electron chi connectivity index (χ2n) is 10.2. The summed E-state index contributed by atoms with van der Waals surface area (Å²) in [6.07, 6.45) is 0.264. The molecular weight excluding hydrogens is 566 g/mol. The summed E-state index contributed by atoms with van der Waals surface area (Å²) >= 11 is 1.34. The fourth-order valence-electron chi connectivity index (χ4n) is 4.82. The van der Waals surface area contributed by atoms with Crippen LogP contribution in [0.4, 0.5) is 10.5 Å². The van der Waals surface area contributed by atoms with E-state index >= 15 is 0 Å². The van der Waals surface area contributed by atoms with E-state index in [4.69, 9.17) is 9.47 Å². The molecule has 222 valence electrons. The number of benzene rings is 3. The maximum atomic E-state index is 12.4. The number of pyridine rings is 1. The predicted molar refractivity (Wildman–Crippen MR) is 164 cm³/mol. The van der Waals surface area contributed by atoms with Crippen LogP contribution in [0.1, 0.15) is 51.9 Å². The number of nitrogens with one attached hydrogen (secondary N) is 2. The maximum Gasteiger partial charge on any atom is 0.338 e. The molecule has 4 aromatic rings. The molecule has 4 unspecified atom stereocenters. The zero-order valence-corrected chi connectivity index (χ0v) is 24.4. The van der Waals surface area contributed by atoms with Gasteiger partial charge in [0.05, 0.1) is 24.4 Å². The molecule has 2 heterocycles. The second-order valence-corrected chi connectivity index (χ2v) is 11.2. The first kappa shape index (κ1) is 30.2. The summed E-state index contributed by atoms with van der Waals surface area (Å²) in [6.45, 7) is 2.41. The number of hydrogen-bond donors (Lipinski definition) is 4. The molecule has 5 rings (SSSR count). The van der Waals surface area contributed by atoms with Crippen molar-refractivity contribution in [2.24, 2.45) is 5.92 Å². The first-order valence-corrected chi connectivity index (χ1v) is 14.9. The molecule has 2 amide bonds. The number of amides is 2. The minimum Gasteiger partial charge on any atom is -0.478 e. The minimum absolute atomic E-state index is 0.0486. The zero-order valence-electron chi connectivity index (χ0n) is 23.6. The van der Waals surface area contributed by atoms with E-state index in [1.54, 1.807) is 24.4 Å². The number of ether oxygens (including phenoxy) is 2. The van der Waals surface area contributed by atoms with Crippen LogP contribution in [0.5, 0.6) is 0 Å². The quantitative estimate of drug-likeness (QED) is 0.159. The number of hydrogen-bond acceptors (Lipinski definition) is 7. The number of nitrogens with zero attached hydrogens (tertiary/aromatic N) is 1. The van der Waals surface area contributed by atoms with E-state index in [1.165, 1.54) is 17.8 Å². The van der Waals surface area contributed by atoms with Crippen LogP contribution >= 0.6 is 11.8 Å². The van der Waals surface area contributed by atoms with Gasteiger partial charge < -0.3 is 30.3 Å². The van der Waals surface area contributed by atoms with Gasteiger partial charge in [0.25, 0.3) is 0 Å². The number of rotatable bonds is 10. The molecule has 1 aromatic heterocycles. The van der Waals surface area contributed by atoms with E-state index in [2.05, 4.69) is 15.6 Å². The third-order valence-electron chi connectivity index (χ3n) is 7.25. The third kappa shape index (κ3) is 7.79. The van der Waals surface area contributed by atoms with Gasteiger partial charge in [-0.2, -0.15) is 0 Å². The van der Waals surface area contributed by atoms with Crippen molar-refractivity contribution in [2.75, 3.05) is 11.1 Å². The van der Waals surface area contributed by atoms with Crippen molar-refractivity contribution in [1.29, 1.82) is 0 Å². The number of thioether (sulfide) groups is 1. The molecule has 4 atom stereocenters. The van der Waals surface area contributed by atoms with Gasteiger partial charge in [-0.3, -0.25) is 0 Å². The SMILES string of the molecule is CC1C(CSc2ncccc2C(=O)O)OC(c2ccc(NC(=O)NCc3ccccc3)cc2)OC1c1ccc(CO)cc1. The lowest BCUT2D eigenvalue weighted by Crippen LogP contribution is -2.38. The molecule has 0 aliphatic carbocycles. The summed E-state index contributed by atoms with van der Waals surface area (Å²) in [5.41, 5.74) is 4.31. The number of carbonyl (C=O) groups excluding carboxylic acids is 1.